The molecule has 9 nitrogen and oxygen atoms in total. The van der Waals surface area contributed by atoms with Crippen LogP contribution in [0.4, 0.5) is 0 Å². The molecule has 7 atom stereocenters. The van der Waals surface area contributed by atoms with Crippen molar-refractivity contribution in [1.82, 2.24) is 5.32 Å². The molecule has 0 aromatic carbocycles. The molecule has 0 aromatic rings. The predicted molar refractivity (Wildman–Crippen MR) is 152 cm³/mol. The van der Waals surface area contributed by atoms with E-state index in [9.17, 15) is 30.3 Å². The number of nitrogens with one attached hydrogen (secondary N) is 1. The standard InChI is InChI=1S/C30H51NO8/c1-3-5-7-8-9-10-11-12-13-14-15-16-18-20-26(34)31-23(24(33)19-17-6-4-2)22-38-30-29(37)28(36)27(35)25(21-32)39-30/h5,7,9-10,12-13,17,19,23-25,27-30,32-33,35-37H,3-4,6,8,11,14-16,18,20-22H2,1-2H3,(H,31,34)/b7-5-,10-9-,13-12-,19-17+. The van der Waals surface area contributed by atoms with Gasteiger partial charge in [0.1, 0.15) is 24.4 Å². The Balaban J connectivity index is 2.46. The van der Waals surface area contributed by atoms with Gasteiger partial charge in [0.25, 0.3) is 0 Å². The fourth-order valence-electron chi connectivity index (χ4n) is 4.00. The lowest BCUT2D eigenvalue weighted by atomic mass is 9.99. The molecule has 0 bridgehead atoms. The summed E-state index contributed by atoms with van der Waals surface area (Å²) < 4.78 is 10.9. The van der Waals surface area contributed by atoms with Crippen LogP contribution >= 0.6 is 0 Å². The van der Waals surface area contributed by atoms with Crippen molar-refractivity contribution in [2.24, 2.45) is 0 Å². The minimum absolute atomic E-state index is 0.208. The summed E-state index contributed by atoms with van der Waals surface area (Å²) >= 11 is 0. The molecule has 1 fully saturated rings. The molecular formula is C30H51NO8. The third-order valence-electron chi connectivity index (χ3n) is 6.39. The van der Waals surface area contributed by atoms with Crippen LogP contribution in [-0.2, 0) is 14.3 Å². The summed E-state index contributed by atoms with van der Waals surface area (Å²) in [5.74, 6) is -0.224. The average Bonchev–Trinajstić information content (AvgIpc) is 2.93. The Morgan fingerprint density at radius 2 is 1.59 bits per heavy atom. The monoisotopic (exact) mass is 553 g/mol. The molecule has 1 aliphatic heterocycles. The van der Waals surface area contributed by atoms with Gasteiger partial charge in [0.15, 0.2) is 6.29 Å². The SMILES string of the molecule is CC/C=C\C/C=C\C/C=C\CCCCCC(=O)NC(COC1OC(CO)C(O)C(O)C1O)C(O)/C=C/CCC. The molecule has 0 radical (unpaired) electrons. The molecule has 39 heavy (non-hydrogen) atoms. The zero-order valence-corrected chi connectivity index (χ0v) is 23.6. The summed E-state index contributed by atoms with van der Waals surface area (Å²) in [5.41, 5.74) is 0. The first-order valence-electron chi connectivity index (χ1n) is 14.4. The highest BCUT2D eigenvalue weighted by Crippen LogP contribution is 2.22. The highest BCUT2D eigenvalue weighted by atomic mass is 16.7. The average molecular weight is 554 g/mol. The van der Waals surface area contributed by atoms with Crippen molar-refractivity contribution in [3.05, 3.63) is 48.6 Å². The van der Waals surface area contributed by atoms with E-state index in [0.717, 1.165) is 51.4 Å². The van der Waals surface area contributed by atoms with Crippen molar-refractivity contribution in [3.8, 4) is 0 Å². The van der Waals surface area contributed by atoms with Gasteiger partial charge in [-0.1, -0.05) is 75.3 Å². The van der Waals surface area contributed by atoms with Gasteiger partial charge in [0.05, 0.1) is 25.4 Å². The van der Waals surface area contributed by atoms with Crippen LogP contribution in [-0.4, -0.2) is 87.5 Å². The van der Waals surface area contributed by atoms with E-state index >= 15 is 0 Å². The van der Waals surface area contributed by atoms with E-state index in [1.54, 1.807) is 6.08 Å². The number of aliphatic hydroxyl groups is 5. The fourth-order valence-corrected chi connectivity index (χ4v) is 4.00. The third-order valence-corrected chi connectivity index (χ3v) is 6.39. The predicted octanol–water partition coefficient (Wildman–Crippen LogP) is 2.81. The first kappa shape index (κ1) is 35.2. The van der Waals surface area contributed by atoms with Crippen molar-refractivity contribution >= 4 is 5.91 Å². The molecule has 0 saturated carbocycles. The van der Waals surface area contributed by atoms with Gasteiger partial charge in [0, 0.05) is 6.42 Å². The number of carbonyl (C=O) groups excluding carboxylic acids is 1. The Bertz CT molecular complexity index is 751. The fraction of sp³-hybridized carbons (Fsp3) is 0.700. The molecule has 9 heteroatoms. The highest BCUT2D eigenvalue weighted by molar-refractivity contribution is 5.76. The summed E-state index contributed by atoms with van der Waals surface area (Å²) in [6, 6.07) is -0.813. The maximum Gasteiger partial charge on any atom is 0.220 e. The second-order valence-corrected chi connectivity index (χ2v) is 9.81. The van der Waals surface area contributed by atoms with Crippen LogP contribution < -0.4 is 5.32 Å². The summed E-state index contributed by atoms with van der Waals surface area (Å²) in [6.45, 7) is 3.35. The third kappa shape index (κ3) is 14.9. The van der Waals surface area contributed by atoms with Crippen molar-refractivity contribution in [2.75, 3.05) is 13.2 Å². The maximum absolute atomic E-state index is 12.6. The van der Waals surface area contributed by atoms with E-state index in [-0.39, 0.29) is 12.5 Å². The van der Waals surface area contributed by atoms with Crippen molar-refractivity contribution in [2.45, 2.75) is 121 Å². The molecular weight excluding hydrogens is 502 g/mol. The molecule has 1 rings (SSSR count). The number of aliphatic hydroxyl groups excluding tert-OH is 5. The van der Waals surface area contributed by atoms with E-state index in [2.05, 4.69) is 48.7 Å². The lowest BCUT2D eigenvalue weighted by Crippen LogP contribution is -2.60. The topological polar surface area (TPSA) is 149 Å². The maximum atomic E-state index is 12.6. The van der Waals surface area contributed by atoms with Gasteiger partial charge in [0.2, 0.25) is 5.91 Å². The quantitative estimate of drug-likeness (QED) is 0.0996. The smallest absolute Gasteiger partial charge is 0.220 e. The van der Waals surface area contributed by atoms with E-state index in [1.165, 1.54) is 0 Å². The first-order valence-corrected chi connectivity index (χ1v) is 14.4. The van der Waals surface area contributed by atoms with Gasteiger partial charge in [-0.25, -0.2) is 0 Å². The van der Waals surface area contributed by atoms with Gasteiger partial charge in [-0.3, -0.25) is 4.79 Å². The molecule has 1 saturated heterocycles. The van der Waals surface area contributed by atoms with Gasteiger partial charge >= 0.3 is 0 Å². The minimum atomic E-state index is -1.57. The van der Waals surface area contributed by atoms with E-state index in [4.69, 9.17) is 9.47 Å². The van der Waals surface area contributed by atoms with Crippen molar-refractivity contribution in [3.63, 3.8) is 0 Å². The number of carbonyl (C=O) groups is 1. The molecule has 0 aromatic heterocycles. The Morgan fingerprint density at radius 1 is 0.897 bits per heavy atom. The van der Waals surface area contributed by atoms with Crippen LogP contribution in [0.15, 0.2) is 48.6 Å². The van der Waals surface area contributed by atoms with Crippen LogP contribution in [0.25, 0.3) is 0 Å². The molecule has 6 N–H and O–H groups in total. The van der Waals surface area contributed by atoms with Crippen molar-refractivity contribution in [1.29, 1.82) is 0 Å². The number of ether oxygens (including phenoxy) is 2. The van der Waals surface area contributed by atoms with Crippen LogP contribution in [0.1, 0.15) is 78.1 Å². The normalized spacial score (nSPS) is 25.8. The number of rotatable bonds is 20. The van der Waals surface area contributed by atoms with Crippen LogP contribution in [0, 0.1) is 0 Å². The van der Waals surface area contributed by atoms with Crippen LogP contribution in [0.5, 0.6) is 0 Å². The van der Waals surface area contributed by atoms with Crippen LogP contribution in [0.3, 0.4) is 0 Å². The van der Waals surface area contributed by atoms with Gasteiger partial charge < -0.3 is 40.3 Å². The van der Waals surface area contributed by atoms with E-state index in [0.29, 0.717) is 12.8 Å². The largest absolute Gasteiger partial charge is 0.394 e. The molecule has 224 valence electrons. The molecule has 0 aliphatic carbocycles. The molecule has 1 aliphatic rings. The van der Waals surface area contributed by atoms with Gasteiger partial charge in [-0.15, -0.1) is 0 Å². The summed E-state index contributed by atoms with van der Waals surface area (Å²) in [4.78, 5) is 12.6. The van der Waals surface area contributed by atoms with Gasteiger partial charge in [-0.05, 0) is 44.9 Å². The molecule has 7 unspecified atom stereocenters. The van der Waals surface area contributed by atoms with Crippen molar-refractivity contribution < 1.29 is 39.8 Å². The van der Waals surface area contributed by atoms with Gasteiger partial charge in [-0.2, -0.15) is 0 Å². The number of hydrogen-bond acceptors (Lipinski definition) is 8. The van der Waals surface area contributed by atoms with Crippen LogP contribution in [0.2, 0.25) is 0 Å². The second-order valence-electron chi connectivity index (χ2n) is 9.81. The number of amides is 1. The zero-order valence-electron chi connectivity index (χ0n) is 23.6. The highest BCUT2D eigenvalue weighted by Gasteiger charge is 2.44. The number of hydrogen-bond donors (Lipinski definition) is 6. The lowest BCUT2D eigenvalue weighted by Gasteiger charge is -2.40. The Morgan fingerprint density at radius 3 is 2.26 bits per heavy atom. The number of allylic oxidation sites excluding steroid dienone is 7. The Hall–Kier alpha value is -1.85. The summed E-state index contributed by atoms with van der Waals surface area (Å²) in [7, 11) is 0. The Labute approximate surface area is 233 Å². The Kier molecular flexibility index (Phi) is 19.8. The van der Waals surface area contributed by atoms with E-state index < -0.39 is 49.5 Å². The minimum Gasteiger partial charge on any atom is -0.394 e. The second kappa shape index (κ2) is 21.9. The molecule has 1 heterocycles. The number of unbranched alkanes of at least 4 members (excludes halogenated alkanes) is 4. The lowest BCUT2D eigenvalue weighted by molar-refractivity contribution is -0.302. The first-order chi connectivity index (χ1) is 18.8. The zero-order chi connectivity index (χ0) is 28.9. The summed E-state index contributed by atoms with van der Waals surface area (Å²) in [5, 5.41) is 52.9. The molecule has 0 spiro atoms. The van der Waals surface area contributed by atoms with E-state index in [1.807, 2.05) is 13.0 Å². The summed E-state index contributed by atoms with van der Waals surface area (Å²) in [6.07, 6.45) is 16.8. The molecule has 1 amide bonds.